The third kappa shape index (κ3) is 2.60. The van der Waals surface area contributed by atoms with Crippen molar-refractivity contribution in [2.45, 2.75) is 45.1 Å². The molecule has 1 aliphatic rings. The third-order valence-electron chi connectivity index (χ3n) is 4.31. The molecule has 0 aliphatic heterocycles. The largest absolute Gasteiger partial charge is 0.497 e. The second kappa shape index (κ2) is 5.76. The van der Waals surface area contributed by atoms with E-state index in [1.165, 1.54) is 32.1 Å². The van der Waals surface area contributed by atoms with E-state index < -0.39 is 0 Å². The molecule has 0 spiro atoms. The van der Waals surface area contributed by atoms with E-state index in [1.807, 2.05) is 25.1 Å². The number of nitrogen functional groups attached to an aromatic ring is 1. The first-order chi connectivity index (χ1) is 10.2. The molecule has 1 heterocycles. The molecule has 5 heteroatoms. The molecular formula is C16H22N4O. The summed E-state index contributed by atoms with van der Waals surface area (Å²) in [6, 6.07) is 6.16. The highest BCUT2D eigenvalue weighted by atomic mass is 16.5. The summed E-state index contributed by atoms with van der Waals surface area (Å²) in [5.74, 6) is 2.60. The van der Waals surface area contributed by atoms with Gasteiger partial charge in [0.05, 0.1) is 7.11 Å². The van der Waals surface area contributed by atoms with Crippen LogP contribution in [0.2, 0.25) is 0 Å². The van der Waals surface area contributed by atoms with E-state index in [0.29, 0.717) is 11.7 Å². The summed E-state index contributed by atoms with van der Waals surface area (Å²) in [7, 11) is 1.66. The van der Waals surface area contributed by atoms with Gasteiger partial charge < -0.3 is 15.0 Å². The lowest BCUT2D eigenvalue weighted by molar-refractivity contribution is 0.350. The van der Waals surface area contributed by atoms with Gasteiger partial charge in [-0.1, -0.05) is 19.3 Å². The molecule has 0 saturated heterocycles. The molecule has 1 fully saturated rings. The molecule has 2 N–H and O–H groups in total. The van der Waals surface area contributed by atoms with Crippen LogP contribution in [-0.4, -0.2) is 21.9 Å². The average molecular weight is 286 g/mol. The summed E-state index contributed by atoms with van der Waals surface area (Å²) in [6.07, 6.45) is 6.25. The summed E-state index contributed by atoms with van der Waals surface area (Å²) < 4.78 is 7.56. The van der Waals surface area contributed by atoms with E-state index in [2.05, 4.69) is 14.8 Å². The third-order valence-corrected chi connectivity index (χ3v) is 4.31. The molecule has 112 valence electrons. The predicted molar refractivity (Wildman–Crippen MR) is 83.3 cm³/mol. The van der Waals surface area contributed by atoms with E-state index in [0.717, 1.165) is 23.0 Å². The minimum absolute atomic E-state index is 0.481. The van der Waals surface area contributed by atoms with E-state index in [4.69, 9.17) is 10.5 Å². The van der Waals surface area contributed by atoms with Crippen LogP contribution in [0.25, 0.3) is 11.4 Å². The molecule has 3 rings (SSSR count). The van der Waals surface area contributed by atoms with Crippen molar-refractivity contribution in [1.29, 1.82) is 0 Å². The fourth-order valence-corrected chi connectivity index (χ4v) is 3.19. The Morgan fingerprint density at radius 3 is 2.67 bits per heavy atom. The van der Waals surface area contributed by atoms with Gasteiger partial charge in [0, 0.05) is 17.3 Å². The fourth-order valence-electron chi connectivity index (χ4n) is 3.19. The summed E-state index contributed by atoms with van der Waals surface area (Å²) in [5.41, 5.74) is 7.76. The highest BCUT2D eigenvalue weighted by Crippen LogP contribution is 2.35. The molecule has 0 radical (unpaired) electrons. The predicted octanol–water partition coefficient (Wildman–Crippen LogP) is 3.35. The van der Waals surface area contributed by atoms with Crippen molar-refractivity contribution in [3.63, 3.8) is 0 Å². The van der Waals surface area contributed by atoms with E-state index in [-0.39, 0.29) is 0 Å². The van der Waals surface area contributed by atoms with E-state index in [1.54, 1.807) is 7.11 Å². The Morgan fingerprint density at radius 1 is 1.19 bits per heavy atom. The van der Waals surface area contributed by atoms with Gasteiger partial charge in [-0.2, -0.15) is 0 Å². The minimum atomic E-state index is 0.481. The minimum Gasteiger partial charge on any atom is -0.497 e. The number of methoxy groups -OCH3 is 1. The standard InChI is InChI=1S/C16H22N4O/c1-11-18-19-16(20(11)12-6-4-3-5-7-12)14-10-13(21-2)8-9-15(14)17/h8-10,12H,3-7,17H2,1-2H3. The Labute approximate surface area is 125 Å². The first-order valence-electron chi connectivity index (χ1n) is 7.56. The monoisotopic (exact) mass is 286 g/mol. The molecule has 1 aliphatic carbocycles. The molecule has 0 atom stereocenters. The number of hydrogen-bond acceptors (Lipinski definition) is 4. The molecular weight excluding hydrogens is 264 g/mol. The van der Waals surface area contributed by atoms with Gasteiger partial charge in [-0.15, -0.1) is 10.2 Å². The first-order valence-corrected chi connectivity index (χ1v) is 7.56. The summed E-state index contributed by atoms with van der Waals surface area (Å²) in [6.45, 7) is 2.02. The number of aryl methyl sites for hydroxylation is 1. The topological polar surface area (TPSA) is 66.0 Å². The smallest absolute Gasteiger partial charge is 0.166 e. The SMILES string of the molecule is COc1ccc(N)c(-c2nnc(C)n2C2CCCCC2)c1. The van der Waals surface area contributed by atoms with Crippen LogP contribution in [0.5, 0.6) is 5.75 Å². The zero-order chi connectivity index (χ0) is 14.8. The average Bonchev–Trinajstić information content (AvgIpc) is 2.90. The van der Waals surface area contributed by atoms with Gasteiger partial charge in [0.15, 0.2) is 5.82 Å². The highest BCUT2D eigenvalue weighted by Gasteiger charge is 2.23. The lowest BCUT2D eigenvalue weighted by Crippen LogP contribution is -2.15. The molecule has 0 unspecified atom stereocenters. The van der Waals surface area contributed by atoms with Crippen molar-refractivity contribution in [2.75, 3.05) is 12.8 Å². The second-order valence-electron chi connectivity index (χ2n) is 5.69. The normalized spacial score (nSPS) is 16.1. The molecule has 5 nitrogen and oxygen atoms in total. The van der Waals surface area contributed by atoms with Crippen LogP contribution in [0.1, 0.15) is 44.0 Å². The van der Waals surface area contributed by atoms with Gasteiger partial charge in [-0.25, -0.2) is 0 Å². The number of nitrogens with zero attached hydrogens (tertiary/aromatic N) is 3. The summed E-state index contributed by atoms with van der Waals surface area (Å²) in [5, 5.41) is 8.66. The zero-order valence-corrected chi connectivity index (χ0v) is 12.7. The molecule has 2 aromatic rings. The molecule has 1 aromatic heterocycles. The van der Waals surface area contributed by atoms with Crippen LogP contribution in [0.15, 0.2) is 18.2 Å². The second-order valence-corrected chi connectivity index (χ2v) is 5.69. The molecule has 1 aromatic carbocycles. The Kier molecular flexibility index (Phi) is 3.82. The Bertz CT molecular complexity index is 629. The Morgan fingerprint density at radius 2 is 1.95 bits per heavy atom. The molecule has 1 saturated carbocycles. The van der Waals surface area contributed by atoms with Crippen LogP contribution in [-0.2, 0) is 0 Å². The molecule has 0 bridgehead atoms. The fraction of sp³-hybridized carbons (Fsp3) is 0.500. The Hall–Kier alpha value is -2.04. The maximum absolute atomic E-state index is 6.15. The highest BCUT2D eigenvalue weighted by molar-refractivity contribution is 5.73. The number of aromatic nitrogens is 3. The van der Waals surface area contributed by atoms with Crippen LogP contribution >= 0.6 is 0 Å². The summed E-state index contributed by atoms with van der Waals surface area (Å²) in [4.78, 5) is 0. The van der Waals surface area contributed by atoms with E-state index in [9.17, 15) is 0 Å². The van der Waals surface area contributed by atoms with Crippen molar-refractivity contribution >= 4 is 5.69 Å². The van der Waals surface area contributed by atoms with Gasteiger partial charge in [0.25, 0.3) is 0 Å². The number of hydrogen-bond donors (Lipinski definition) is 1. The van der Waals surface area contributed by atoms with Gasteiger partial charge in [0.2, 0.25) is 0 Å². The Balaban J connectivity index is 2.06. The van der Waals surface area contributed by atoms with Crippen molar-refractivity contribution in [3.8, 4) is 17.1 Å². The quantitative estimate of drug-likeness (QED) is 0.879. The van der Waals surface area contributed by atoms with Crippen molar-refractivity contribution < 1.29 is 4.74 Å². The van der Waals surface area contributed by atoms with Crippen LogP contribution < -0.4 is 10.5 Å². The number of benzene rings is 1. The van der Waals surface area contributed by atoms with Gasteiger partial charge >= 0.3 is 0 Å². The number of ether oxygens (including phenoxy) is 1. The first kappa shape index (κ1) is 13.9. The van der Waals surface area contributed by atoms with Crippen LogP contribution in [0, 0.1) is 6.92 Å². The maximum atomic E-state index is 6.15. The molecule has 0 amide bonds. The van der Waals surface area contributed by atoms with Gasteiger partial charge in [-0.3, -0.25) is 0 Å². The summed E-state index contributed by atoms with van der Waals surface area (Å²) >= 11 is 0. The van der Waals surface area contributed by atoms with Crippen molar-refractivity contribution in [3.05, 3.63) is 24.0 Å². The number of rotatable bonds is 3. The maximum Gasteiger partial charge on any atom is 0.166 e. The van der Waals surface area contributed by atoms with Crippen molar-refractivity contribution in [2.24, 2.45) is 0 Å². The zero-order valence-electron chi connectivity index (χ0n) is 12.7. The molecule has 21 heavy (non-hydrogen) atoms. The van der Waals surface area contributed by atoms with Gasteiger partial charge in [0.1, 0.15) is 11.6 Å². The van der Waals surface area contributed by atoms with Crippen LogP contribution in [0.3, 0.4) is 0 Å². The van der Waals surface area contributed by atoms with Crippen LogP contribution in [0.4, 0.5) is 5.69 Å². The van der Waals surface area contributed by atoms with Crippen molar-refractivity contribution in [1.82, 2.24) is 14.8 Å². The van der Waals surface area contributed by atoms with E-state index >= 15 is 0 Å². The van der Waals surface area contributed by atoms with Gasteiger partial charge in [-0.05, 0) is 38.0 Å². The number of anilines is 1. The lowest BCUT2D eigenvalue weighted by Gasteiger charge is -2.25. The lowest BCUT2D eigenvalue weighted by atomic mass is 9.95. The number of nitrogens with two attached hydrogens (primary N) is 1.